The van der Waals surface area contributed by atoms with Gasteiger partial charge in [-0.3, -0.25) is 4.79 Å². The number of benzene rings is 1. The minimum Gasteiger partial charge on any atom is -0.483 e. The van der Waals surface area contributed by atoms with Crippen LogP contribution in [0.2, 0.25) is 0 Å². The van der Waals surface area contributed by atoms with Crippen molar-refractivity contribution < 1.29 is 9.90 Å². The van der Waals surface area contributed by atoms with Gasteiger partial charge in [0.15, 0.2) is 0 Å². The normalized spacial score (nSPS) is 13.5. The molecule has 0 amide bonds. The average molecular weight is 208 g/mol. The van der Waals surface area contributed by atoms with E-state index >= 15 is 0 Å². The van der Waals surface area contributed by atoms with Gasteiger partial charge in [-0.25, -0.2) is 0 Å². The van der Waals surface area contributed by atoms with Crippen molar-refractivity contribution in [1.29, 1.82) is 0 Å². The van der Waals surface area contributed by atoms with E-state index in [0.29, 0.717) is 0 Å². The third kappa shape index (κ3) is 9.01. The number of carboxylic acid groups (broad SMARTS) is 1. The predicted octanol–water partition coefficient (Wildman–Crippen LogP) is 3.50. The summed E-state index contributed by atoms with van der Waals surface area (Å²) in [6.45, 7) is 4.14. The van der Waals surface area contributed by atoms with Gasteiger partial charge in [-0.15, -0.1) is 0 Å². The van der Waals surface area contributed by atoms with Gasteiger partial charge in [0.25, 0.3) is 6.47 Å². The molecule has 84 valence electrons. The average Bonchev–Trinajstić information content (AvgIpc) is 2.18. The molecule has 1 aromatic carbocycles. The summed E-state index contributed by atoms with van der Waals surface area (Å²) < 4.78 is 0. The van der Waals surface area contributed by atoms with Crippen molar-refractivity contribution in [3.63, 3.8) is 0 Å². The Morgan fingerprint density at radius 3 is 1.80 bits per heavy atom. The number of carbonyl (C=O) groups is 1. The first-order valence-electron chi connectivity index (χ1n) is 5.30. The van der Waals surface area contributed by atoms with Gasteiger partial charge in [0, 0.05) is 0 Å². The molecule has 2 nitrogen and oxygen atoms in total. The second kappa shape index (κ2) is 9.25. The van der Waals surface area contributed by atoms with Crippen molar-refractivity contribution in [1.82, 2.24) is 0 Å². The van der Waals surface area contributed by atoms with Crippen LogP contribution in [-0.4, -0.2) is 11.6 Å². The molecule has 1 N–H and O–H groups in total. The SMILES string of the molecule is CC1CCC1.Cc1ccccc1.O=CO. The van der Waals surface area contributed by atoms with E-state index in [2.05, 4.69) is 26.0 Å². The first-order valence-corrected chi connectivity index (χ1v) is 5.30. The molecule has 0 heterocycles. The molecule has 0 saturated heterocycles. The van der Waals surface area contributed by atoms with E-state index in [4.69, 9.17) is 9.90 Å². The van der Waals surface area contributed by atoms with Crippen molar-refractivity contribution in [2.45, 2.75) is 33.1 Å². The fourth-order valence-corrected chi connectivity index (χ4v) is 1.15. The van der Waals surface area contributed by atoms with Crippen LogP contribution in [0.25, 0.3) is 0 Å². The molecule has 0 bridgehead atoms. The Morgan fingerprint density at radius 1 is 1.27 bits per heavy atom. The molecule has 0 aliphatic heterocycles. The van der Waals surface area contributed by atoms with Gasteiger partial charge in [-0.2, -0.15) is 0 Å². The lowest BCUT2D eigenvalue weighted by molar-refractivity contribution is -0.122. The molecule has 0 radical (unpaired) electrons. The van der Waals surface area contributed by atoms with Crippen molar-refractivity contribution in [3.8, 4) is 0 Å². The smallest absolute Gasteiger partial charge is 0.290 e. The molecule has 1 aromatic rings. The number of aryl methyl sites for hydroxylation is 1. The van der Waals surface area contributed by atoms with Gasteiger partial charge in [0.2, 0.25) is 0 Å². The largest absolute Gasteiger partial charge is 0.483 e. The lowest BCUT2D eigenvalue weighted by Gasteiger charge is -2.18. The zero-order valence-electron chi connectivity index (χ0n) is 9.52. The van der Waals surface area contributed by atoms with Crippen LogP contribution in [0.3, 0.4) is 0 Å². The van der Waals surface area contributed by atoms with E-state index in [0.717, 1.165) is 5.92 Å². The maximum atomic E-state index is 8.36. The predicted molar refractivity (Wildman–Crippen MR) is 62.9 cm³/mol. The van der Waals surface area contributed by atoms with Gasteiger partial charge in [0.05, 0.1) is 0 Å². The zero-order valence-corrected chi connectivity index (χ0v) is 9.52. The van der Waals surface area contributed by atoms with E-state index in [-0.39, 0.29) is 6.47 Å². The highest BCUT2D eigenvalue weighted by molar-refractivity contribution is 5.32. The minimum atomic E-state index is -0.250. The summed E-state index contributed by atoms with van der Waals surface area (Å²) in [4.78, 5) is 8.36. The van der Waals surface area contributed by atoms with Crippen LogP contribution in [0.4, 0.5) is 0 Å². The zero-order chi connectivity index (χ0) is 11.5. The molecule has 2 rings (SSSR count). The summed E-state index contributed by atoms with van der Waals surface area (Å²) in [5.74, 6) is 1.06. The van der Waals surface area contributed by atoms with Crippen LogP contribution in [0.1, 0.15) is 31.7 Å². The Bertz CT molecular complexity index is 240. The molecular weight excluding hydrogens is 188 g/mol. The van der Waals surface area contributed by atoms with Crippen LogP contribution < -0.4 is 0 Å². The van der Waals surface area contributed by atoms with Crippen LogP contribution in [0.15, 0.2) is 30.3 Å². The van der Waals surface area contributed by atoms with Crippen LogP contribution in [-0.2, 0) is 4.79 Å². The van der Waals surface area contributed by atoms with Gasteiger partial charge < -0.3 is 5.11 Å². The molecule has 1 aliphatic rings. The fourth-order valence-electron chi connectivity index (χ4n) is 1.15. The third-order valence-electron chi connectivity index (χ3n) is 2.33. The Hall–Kier alpha value is -1.31. The third-order valence-corrected chi connectivity index (χ3v) is 2.33. The molecular formula is C13H20O2. The van der Waals surface area contributed by atoms with Crippen LogP contribution in [0, 0.1) is 12.8 Å². The second-order valence-corrected chi connectivity index (χ2v) is 3.80. The lowest BCUT2D eigenvalue weighted by atomic mass is 9.88. The Kier molecular flexibility index (Phi) is 8.44. The number of hydrogen-bond donors (Lipinski definition) is 1. The summed E-state index contributed by atoms with van der Waals surface area (Å²) in [5, 5.41) is 6.89. The van der Waals surface area contributed by atoms with E-state index < -0.39 is 0 Å². The highest BCUT2D eigenvalue weighted by atomic mass is 16.3. The van der Waals surface area contributed by atoms with Crippen molar-refractivity contribution in [2.24, 2.45) is 5.92 Å². The van der Waals surface area contributed by atoms with Crippen molar-refractivity contribution in [3.05, 3.63) is 35.9 Å². The minimum absolute atomic E-state index is 0.250. The van der Waals surface area contributed by atoms with Crippen molar-refractivity contribution in [2.75, 3.05) is 0 Å². The van der Waals surface area contributed by atoms with Gasteiger partial charge >= 0.3 is 0 Å². The lowest BCUT2D eigenvalue weighted by Crippen LogP contribution is -2.04. The highest BCUT2D eigenvalue weighted by Crippen LogP contribution is 2.24. The van der Waals surface area contributed by atoms with E-state index in [1.807, 2.05) is 18.2 Å². The maximum Gasteiger partial charge on any atom is 0.290 e. The van der Waals surface area contributed by atoms with Gasteiger partial charge in [-0.1, -0.05) is 62.1 Å². The summed E-state index contributed by atoms with van der Waals surface area (Å²) in [5.41, 5.74) is 1.32. The molecule has 15 heavy (non-hydrogen) atoms. The Labute approximate surface area is 91.9 Å². The van der Waals surface area contributed by atoms with E-state index in [1.54, 1.807) is 0 Å². The van der Waals surface area contributed by atoms with Crippen molar-refractivity contribution >= 4 is 6.47 Å². The molecule has 1 fully saturated rings. The molecule has 0 spiro atoms. The first-order chi connectivity index (χ1) is 7.20. The Morgan fingerprint density at radius 2 is 1.67 bits per heavy atom. The number of hydrogen-bond acceptors (Lipinski definition) is 1. The Balaban J connectivity index is 0.000000216. The summed E-state index contributed by atoms with van der Waals surface area (Å²) in [7, 11) is 0. The molecule has 0 unspecified atom stereocenters. The summed E-state index contributed by atoms with van der Waals surface area (Å²) in [6, 6.07) is 10.3. The molecule has 2 heteroatoms. The quantitative estimate of drug-likeness (QED) is 0.662. The van der Waals surface area contributed by atoms with Gasteiger partial charge in [-0.05, 0) is 12.8 Å². The van der Waals surface area contributed by atoms with Crippen LogP contribution >= 0.6 is 0 Å². The summed E-state index contributed by atoms with van der Waals surface area (Å²) >= 11 is 0. The van der Waals surface area contributed by atoms with Crippen LogP contribution in [0.5, 0.6) is 0 Å². The van der Waals surface area contributed by atoms with E-state index in [1.165, 1.54) is 24.8 Å². The fraction of sp³-hybridized carbons (Fsp3) is 0.462. The van der Waals surface area contributed by atoms with Gasteiger partial charge in [0.1, 0.15) is 0 Å². The number of rotatable bonds is 0. The maximum absolute atomic E-state index is 8.36. The standard InChI is InChI=1S/C7H8.C5H10.CH2O2/c1-7-5-3-2-4-6-7;1-5-3-2-4-5;2-1-3/h2-6H,1H3;5H,2-4H2,1H3;1H,(H,2,3). The molecule has 0 atom stereocenters. The molecule has 1 aliphatic carbocycles. The molecule has 1 saturated carbocycles. The highest BCUT2D eigenvalue weighted by Gasteiger charge is 2.09. The topological polar surface area (TPSA) is 37.3 Å². The van der Waals surface area contributed by atoms with E-state index in [9.17, 15) is 0 Å². The first kappa shape index (κ1) is 13.7. The second-order valence-electron chi connectivity index (χ2n) is 3.80. The summed E-state index contributed by atoms with van der Waals surface area (Å²) in [6.07, 6.45) is 4.46. The molecule has 0 aromatic heterocycles. The monoisotopic (exact) mass is 208 g/mol.